The molecule has 0 aliphatic heterocycles. The molecule has 0 saturated carbocycles. The normalized spacial score (nSPS) is 13.4. The van der Waals surface area contributed by atoms with E-state index in [1.807, 2.05) is 6.07 Å². The first-order valence-corrected chi connectivity index (χ1v) is 13.0. The van der Waals surface area contributed by atoms with E-state index in [0.717, 1.165) is 28.2 Å². The number of rotatable bonds is 14. The van der Waals surface area contributed by atoms with E-state index in [4.69, 9.17) is 9.84 Å². The minimum atomic E-state index is -4.95. The van der Waals surface area contributed by atoms with Crippen LogP contribution in [0.15, 0.2) is 58.6 Å². The van der Waals surface area contributed by atoms with Crippen LogP contribution < -0.4 is 4.74 Å². The second kappa shape index (κ2) is 14.0. The molecule has 0 aromatic heterocycles. The predicted octanol–water partition coefficient (Wildman–Crippen LogP) is 5.05. The van der Waals surface area contributed by atoms with Crippen LogP contribution in [0.25, 0.3) is 0 Å². The number of carboxylic acids is 1. The number of nitrogens with zero attached hydrogens (tertiary/aromatic N) is 2. The molecule has 0 aliphatic carbocycles. The van der Waals surface area contributed by atoms with E-state index in [1.54, 1.807) is 26.0 Å². The molecule has 0 saturated heterocycles. The maximum Gasteiger partial charge on any atom is 0.573 e. The fourth-order valence-electron chi connectivity index (χ4n) is 2.89. The van der Waals surface area contributed by atoms with Crippen molar-refractivity contribution in [3.63, 3.8) is 0 Å². The Balaban J connectivity index is 3.02. The zero-order chi connectivity index (χ0) is 27.5. The van der Waals surface area contributed by atoms with Crippen LogP contribution in [0.4, 0.5) is 13.2 Å². The molecule has 0 heterocycles. The van der Waals surface area contributed by atoms with Gasteiger partial charge < -0.3 is 14.6 Å². The Bertz CT molecular complexity index is 1140. The van der Waals surface area contributed by atoms with E-state index in [0.29, 0.717) is 17.1 Å². The second-order valence-corrected chi connectivity index (χ2v) is 10.2. The summed E-state index contributed by atoms with van der Waals surface area (Å²) < 4.78 is 73.9. The second-order valence-electron chi connectivity index (χ2n) is 7.28. The first-order chi connectivity index (χ1) is 16.7. The van der Waals surface area contributed by atoms with Crippen molar-refractivity contribution in [3.05, 3.63) is 59.2 Å². The zero-order valence-electron chi connectivity index (χ0n) is 19.9. The lowest BCUT2D eigenvalue weighted by Crippen LogP contribution is -2.39. The molecule has 1 aromatic rings. The number of sulfonamides is 1. The van der Waals surface area contributed by atoms with Crippen molar-refractivity contribution >= 4 is 27.8 Å². The number of ether oxygens (including phenoxy) is 2. The molecule has 8 nitrogen and oxygen atoms in total. The Morgan fingerprint density at radius 1 is 1.36 bits per heavy atom. The highest BCUT2D eigenvalue weighted by Crippen LogP contribution is 2.27. The summed E-state index contributed by atoms with van der Waals surface area (Å²) in [7, 11) is -4.10. The summed E-state index contributed by atoms with van der Waals surface area (Å²) in [5.74, 6) is -1.72. The van der Waals surface area contributed by atoms with Gasteiger partial charge in [-0.25, -0.2) is 8.42 Å². The number of aliphatic carboxylic acids is 1. The van der Waals surface area contributed by atoms with Gasteiger partial charge in [-0.05, 0) is 50.6 Å². The minimum Gasteiger partial charge on any atom is -0.489 e. The molecule has 0 unspecified atom stereocenters. The van der Waals surface area contributed by atoms with E-state index < -0.39 is 34.2 Å². The molecule has 198 valence electrons. The van der Waals surface area contributed by atoms with Crippen molar-refractivity contribution in [2.24, 2.45) is 0 Å². The zero-order valence-corrected chi connectivity index (χ0v) is 21.5. The summed E-state index contributed by atoms with van der Waals surface area (Å²) in [6.45, 7) is 7.97. The van der Waals surface area contributed by atoms with E-state index in [-0.39, 0.29) is 29.3 Å². The van der Waals surface area contributed by atoms with Gasteiger partial charge in [0.15, 0.2) is 0 Å². The summed E-state index contributed by atoms with van der Waals surface area (Å²) in [5, 5.41) is 18.2. The summed E-state index contributed by atoms with van der Waals surface area (Å²) in [6.07, 6.45) is -2.11. The van der Waals surface area contributed by atoms with Crippen LogP contribution in [-0.4, -0.2) is 55.1 Å². The van der Waals surface area contributed by atoms with E-state index in [9.17, 15) is 31.6 Å². The molecular weight excluding hydrogens is 521 g/mol. The number of carbonyl (C=O) groups is 1. The Hall–Kier alpha value is -2.95. The van der Waals surface area contributed by atoms with Crippen LogP contribution in [0, 0.1) is 11.3 Å². The summed E-state index contributed by atoms with van der Waals surface area (Å²) in [4.78, 5) is 11.0. The van der Waals surface area contributed by atoms with Crippen LogP contribution in [0.2, 0.25) is 0 Å². The Morgan fingerprint density at radius 2 is 2.03 bits per heavy atom. The van der Waals surface area contributed by atoms with Crippen molar-refractivity contribution in [3.8, 4) is 11.8 Å². The molecule has 0 fully saturated rings. The maximum atomic E-state index is 13.2. The third-order valence-electron chi connectivity index (χ3n) is 4.30. The van der Waals surface area contributed by atoms with E-state index >= 15 is 0 Å². The smallest absolute Gasteiger partial charge is 0.489 e. The number of halogens is 3. The summed E-state index contributed by atoms with van der Waals surface area (Å²) in [5.41, 5.74) is 0.214. The quantitative estimate of drug-likeness (QED) is 0.195. The number of nitriles is 1. The van der Waals surface area contributed by atoms with Crippen LogP contribution in [0.3, 0.4) is 0 Å². The molecular formula is C23H27F3N2O6S2. The van der Waals surface area contributed by atoms with Crippen LogP contribution >= 0.6 is 11.8 Å². The number of alkyl halides is 3. The largest absolute Gasteiger partial charge is 0.573 e. The van der Waals surface area contributed by atoms with Gasteiger partial charge in [-0.15, -0.1) is 24.9 Å². The van der Waals surface area contributed by atoms with Gasteiger partial charge in [0.05, 0.1) is 22.8 Å². The highest BCUT2D eigenvalue weighted by molar-refractivity contribution is 8.00. The molecule has 0 amide bonds. The molecule has 36 heavy (non-hydrogen) atoms. The third kappa shape index (κ3) is 10.3. The fourth-order valence-corrected chi connectivity index (χ4v) is 5.26. The molecule has 0 spiro atoms. The van der Waals surface area contributed by atoms with Crippen molar-refractivity contribution < 1.29 is 41.0 Å². The average molecular weight is 549 g/mol. The standard InChI is InChI=1S/C23H27F3N2O6S2/c1-5-11-28(36(31,32)20(6-2)9-7-16(3)34-23(24,25)26)14-17(4)33-19-8-10-21(18(12-19)13-27)35-15-22(29)30/h6-10,12,17H,3,5,11,14-15H2,1-2,4H3,(H,29,30)/b9-7-,20-6+/t17-/m1/s1. The fraction of sp³-hybridized carbons (Fsp3) is 0.391. The van der Waals surface area contributed by atoms with Gasteiger partial charge in [-0.3, -0.25) is 4.79 Å². The number of hydrogen-bond acceptors (Lipinski definition) is 7. The van der Waals surface area contributed by atoms with Crippen LogP contribution in [0.5, 0.6) is 5.75 Å². The Kier molecular flexibility index (Phi) is 12.1. The van der Waals surface area contributed by atoms with Gasteiger partial charge >= 0.3 is 12.3 Å². The Morgan fingerprint density at radius 3 is 2.56 bits per heavy atom. The molecule has 1 N–H and O–H groups in total. The minimum absolute atomic E-state index is 0.0846. The van der Waals surface area contributed by atoms with Crippen molar-refractivity contribution in [1.82, 2.24) is 4.31 Å². The molecule has 0 aliphatic rings. The maximum absolute atomic E-state index is 13.2. The average Bonchev–Trinajstić information content (AvgIpc) is 2.76. The highest BCUT2D eigenvalue weighted by Gasteiger charge is 2.31. The van der Waals surface area contributed by atoms with Crippen LogP contribution in [-0.2, 0) is 19.6 Å². The van der Waals surface area contributed by atoms with E-state index in [2.05, 4.69) is 11.3 Å². The first-order valence-electron chi connectivity index (χ1n) is 10.6. The van der Waals surface area contributed by atoms with Crippen molar-refractivity contribution in [1.29, 1.82) is 5.26 Å². The highest BCUT2D eigenvalue weighted by atomic mass is 32.2. The van der Waals surface area contributed by atoms with Crippen molar-refractivity contribution in [2.45, 2.75) is 44.6 Å². The summed E-state index contributed by atoms with van der Waals surface area (Å²) in [6, 6.07) is 6.51. The lowest BCUT2D eigenvalue weighted by Gasteiger charge is -2.26. The number of thioether (sulfide) groups is 1. The SMILES string of the molecule is C=C(/C=C\C(=C/C)S(=O)(=O)N(CCC)C[C@@H](C)Oc1ccc(SCC(=O)O)c(C#N)c1)OC(F)(F)F. The van der Waals surface area contributed by atoms with Crippen molar-refractivity contribution in [2.75, 3.05) is 18.8 Å². The number of carboxylic acid groups (broad SMARTS) is 1. The topological polar surface area (TPSA) is 117 Å². The van der Waals surface area contributed by atoms with Gasteiger partial charge in [0.25, 0.3) is 0 Å². The van der Waals surface area contributed by atoms with E-state index in [1.165, 1.54) is 19.1 Å². The predicted molar refractivity (Wildman–Crippen MR) is 130 cm³/mol. The van der Waals surface area contributed by atoms with Gasteiger partial charge in [0, 0.05) is 11.4 Å². The molecule has 0 radical (unpaired) electrons. The molecule has 1 aromatic carbocycles. The molecule has 0 bridgehead atoms. The number of benzene rings is 1. The van der Waals surface area contributed by atoms with Gasteiger partial charge in [-0.2, -0.15) is 9.57 Å². The van der Waals surface area contributed by atoms with Crippen LogP contribution in [0.1, 0.15) is 32.8 Å². The third-order valence-corrected chi connectivity index (χ3v) is 7.33. The number of hydrogen-bond donors (Lipinski definition) is 1. The first kappa shape index (κ1) is 31.1. The van der Waals surface area contributed by atoms with Gasteiger partial charge in [0.2, 0.25) is 10.0 Å². The monoisotopic (exact) mass is 548 g/mol. The Labute approximate surface area is 212 Å². The molecule has 1 atom stereocenters. The van der Waals surface area contributed by atoms with Gasteiger partial charge in [0.1, 0.15) is 23.7 Å². The number of allylic oxidation sites excluding steroid dienone is 3. The lowest BCUT2D eigenvalue weighted by atomic mass is 10.2. The van der Waals surface area contributed by atoms with Gasteiger partial charge in [-0.1, -0.05) is 19.6 Å². The lowest BCUT2D eigenvalue weighted by molar-refractivity contribution is -0.303. The summed E-state index contributed by atoms with van der Waals surface area (Å²) >= 11 is 0.988. The molecule has 1 rings (SSSR count). The molecule has 13 heteroatoms.